The van der Waals surface area contributed by atoms with Gasteiger partial charge in [0.15, 0.2) is 11.5 Å². The van der Waals surface area contributed by atoms with Crippen molar-refractivity contribution in [1.82, 2.24) is 0 Å². The fourth-order valence-corrected chi connectivity index (χ4v) is 2.76. The quantitative estimate of drug-likeness (QED) is 0.738. The number of nitrogens with one attached hydrogen (secondary N) is 1. The van der Waals surface area contributed by atoms with E-state index in [4.69, 9.17) is 9.47 Å². The molecule has 0 radical (unpaired) electrons. The Hall–Kier alpha value is -1.53. The van der Waals surface area contributed by atoms with Crippen LogP contribution in [0.5, 0.6) is 11.5 Å². The molecule has 0 unspecified atom stereocenters. The minimum Gasteiger partial charge on any atom is -0.492 e. The maximum Gasteiger partial charge on any atom is 0.255 e. The standard InChI is InChI=1S/C16H15Br2NO3/c1-3-22-14-9-10(8-13(18)15(14)21-2)16(20)19-12-6-4-11(17)5-7-12/h4-9H,3H2,1-2H3,(H,19,20). The first-order valence-electron chi connectivity index (χ1n) is 6.62. The van der Waals surface area contributed by atoms with Gasteiger partial charge in [-0.25, -0.2) is 0 Å². The van der Waals surface area contributed by atoms with Crippen molar-refractivity contribution in [1.29, 1.82) is 0 Å². The summed E-state index contributed by atoms with van der Waals surface area (Å²) in [5.74, 6) is 0.883. The molecule has 2 rings (SSSR count). The van der Waals surface area contributed by atoms with Crippen molar-refractivity contribution in [3.8, 4) is 11.5 Å². The van der Waals surface area contributed by atoms with Crippen LogP contribution in [0, 0.1) is 0 Å². The van der Waals surface area contributed by atoms with Crippen molar-refractivity contribution in [2.24, 2.45) is 0 Å². The van der Waals surface area contributed by atoms with Gasteiger partial charge in [0.2, 0.25) is 0 Å². The SMILES string of the molecule is CCOc1cc(C(=O)Nc2ccc(Br)cc2)cc(Br)c1OC. The predicted molar refractivity (Wildman–Crippen MR) is 94.0 cm³/mol. The summed E-state index contributed by atoms with van der Waals surface area (Å²) in [6.07, 6.45) is 0. The molecular formula is C16H15Br2NO3. The van der Waals surface area contributed by atoms with Crippen LogP contribution in [0.3, 0.4) is 0 Å². The van der Waals surface area contributed by atoms with E-state index in [1.807, 2.05) is 31.2 Å². The lowest BCUT2D eigenvalue weighted by Crippen LogP contribution is -2.12. The van der Waals surface area contributed by atoms with E-state index in [-0.39, 0.29) is 5.91 Å². The van der Waals surface area contributed by atoms with Crippen LogP contribution in [-0.2, 0) is 0 Å². The number of hydrogen-bond donors (Lipinski definition) is 1. The Morgan fingerprint density at radius 1 is 1.18 bits per heavy atom. The number of methoxy groups -OCH3 is 1. The molecule has 0 aliphatic rings. The summed E-state index contributed by atoms with van der Waals surface area (Å²) in [7, 11) is 1.56. The minimum atomic E-state index is -0.216. The third-order valence-electron chi connectivity index (χ3n) is 2.88. The van der Waals surface area contributed by atoms with Crippen molar-refractivity contribution in [2.75, 3.05) is 19.0 Å². The normalized spacial score (nSPS) is 10.2. The molecule has 0 atom stereocenters. The Morgan fingerprint density at radius 2 is 1.86 bits per heavy atom. The Labute approximate surface area is 146 Å². The van der Waals surface area contributed by atoms with Gasteiger partial charge in [-0.05, 0) is 59.3 Å². The number of benzene rings is 2. The first-order chi connectivity index (χ1) is 10.5. The molecule has 4 nitrogen and oxygen atoms in total. The molecule has 2 aromatic carbocycles. The van der Waals surface area contributed by atoms with Crippen molar-refractivity contribution < 1.29 is 14.3 Å². The molecule has 0 saturated carbocycles. The van der Waals surface area contributed by atoms with Gasteiger partial charge in [-0.3, -0.25) is 4.79 Å². The molecule has 0 spiro atoms. The van der Waals surface area contributed by atoms with E-state index in [0.29, 0.717) is 28.1 Å². The lowest BCUT2D eigenvalue weighted by Gasteiger charge is -2.13. The van der Waals surface area contributed by atoms with Gasteiger partial charge >= 0.3 is 0 Å². The summed E-state index contributed by atoms with van der Waals surface area (Å²) in [5, 5.41) is 2.84. The van der Waals surface area contributed by atoms with Crippen LogP contribution in [0.2, 0.25) is 0 Å². The van der Waals surface area contributed by atoms with E-state index in [1.165, 1.54) is 0 Å². The molecular weight excluding hydrogens is 414 g/mol. The molecule has 22 heavy (non-hydrogen) atoms. The van der Waals surface area contributed by atoms with E-state index in [9.17, 15) is 4.79 Å². The topological polar surface area (TPSA) is 47.6 Å². The van der Waals surface area contributed by atoms with Crippen LogP contribution in [0.4, 0.5) is 5.69 Å². The predicted octanol–water partition coefficient (Wildman–Crippen LogP) is 4.87. The van der Waals surface area contributed by atoms with Gasteiger partial charge in [-0.1, -0.05) is 15.9 Å². The van der Waals surface area contributed by atoms with Gasteiger partial charge in [-0.15, -0.1) is 0 Å². The zero-order valence-corrected chi connectivity index (χ0v) is 15.3. The Morgan fingerprint density at radius 3 is 2.45 bits per heavy atom. The molecule has 116 valence electrons. The van der Waals surface area contributed by atoms with Crippen LogP contribution < -0.4 is 14.8 Å². The summed E-state index contributed by atoms with van der Waals surface area (Å²) in [5.41, 5.74) is 1.21. The Balaban J connectivity index is 2.27. The van der Waals surface area contributed by atoms with Gasteiger partial charge in [0.05, 0.1) is 18.2 Å². The molecule has 0 fully saturated rings. The lowest BCUT2D eigenvalue weighted by molar-refractivity contribution is 0.102. The van der Waals surface area contributed by atoms with Crippen LogP contribution in [0.25, 0.3) is 0 Å². The van der Waals surface area contributed by atoms with Crippen LogP contribution in [0.15, 0.2) is 45.3 Å². The van der Waals surface area contributed by atoms with E-state index in [0.717, 1.165) is 10.2 Å². The first-order valence-corrected chi connectivity index (χ1v) is 8.21. The minimum absolute atomic E-state index is 0.216. The molecule has 0 aromatic heterocycles. The molecule has 0 bridgehead atoms. The smallest absolute Gasteiger partial charge is 0.255 e. The van der Waals surface area contributed by atoms with Gasteiger partial charge < -0.3 is 14.8 Å². The molecule has 1 amide bonds. The van der Waals surface area contributed by atoms with Crippen molar-refractivity contribution in [3.63, 3.8) is 0 Å². The first kappa shape index (κ1) is 16.8. The van der Waals surface area contributed by atoms with Gasteiger partial charge in [0, 0.05) is 15.7 Å². The largest absolute Gasteiger partial charge is 0.492 e. The van der Waals surface area contributed by atoms with Crippen LogP contribution >= 0.6 is 31.9 Å². The zero-order chi connectivity index (χ0) is 16.1. The highest BCUT2D eigenvalue weighted by Gasteiger charge is 2.15. The van der Waals surface area contributed by atoms with Crippen molar-refractivity contribution in [2.45, 2.75) is 6.92 Å². The zero-order valence-electron chi connectivity index (χ0n) is 12.2. The van der Waals surface area contributed by atoms with E-state index < -0.39 is 0 Å². The summed E-state index contributed by atoms with van der Waals surface area (Å²) < 4.78 is 12.4. The van der Waals surface area contributed by atoms with Crippen LogP contribution in [-0.4, -0.2) is 19.6 Å². The fraction of sp³-hybridized carbons (Fsp3) is 0.188. The molecule has 0 saturated heterocycles. The average molecular weight is 429 g/mol. The van der Waals surface area contributed by atoms with E-state index in [2.05, 4.69) is 37.2 Å². The molecule has 1 N–H and O–H groups in total. The second kappa shape index (κ2) is 7.65. The summed E-state index contributed by atoms with van der Waals surface area (Å²) in [6.45, 7) is 2.36. The molecule has 2 aromatic rings. The number of ether oxygens (including phenoxy) is 2. The maximum atomic E-state index is 12.4. The third kappa shape index (κ3) is 4.01. The van der Waals surface area contributed by atoms with Gasteiger partial charge in [0.1, 0.15) is 0 Å². The summed E-state index contributed by atoms with van der Waals surface area (Å²) >= 11 is 6.76. The molecule has 0 heterocycles. The monoisotopic (exact) mass is 427 g/mol. The summed E-state index contributed by atoms with van der Waals surface area (Å²) in [6, 6.07) is 10.8. The van der Waals surface area contributed by atoms with E-state index >= 15 is 0 Å². The van der Waals surface area contributed by atoms with Gasteiger partial charge in [-0.2, -0.15) is 0 Å². The number of halogens is 2. The van der Waals surface area contributed by atoms with Gasteiger partial charge in [0.25, 0.3) is 5.91 Å². The van der Waals surface area contributed by atoms with Crippen molar-refractivity contribution in [3.05, 3.63) is 50.9 Å². The highest BCUT2D eigenvalue weighted by molar-refractivity contribution is 9.10. The Bertz CT molecular complexity index is 672. The second-order valence-corrected chi connectivity index (χ2v) is 6.15. The number of anilines is 1. The van der Waals surface area contributed by atoms with Crippen LogP contribution in [0.1, 0.15) is 17.3 Å². The number of carbonyl (C=O) groups is 1. The van der Waals surface area contributed by atoms with Crippen molar-refractivity contribution >= 4 is 43.5 Å². The van der Waals surface area contributed by atoms with E-state index in [1.54, 1.807) is 19.2 Å². The Kier molecular flexibility index (Phi) is 5.85. The number of carbonyl (C=O) groups excluding carboxylic acids is 1. The third-order valence-corrected chi connectivity index (χ3v) is 4.00. The number of rotatable bonds is 5. The molecule has 0 aliphatic heterocycles. The average Bonchev–Trinajstić information content (AvgIpc) is 2.49. The summed E-state index contributed by atoms with van der Waals surface area (Å²) in [4.78, 5) is 12.4. The second-order valence-electron chi connectivity index (χ2n) is 4.38. The fourth-order valence-electron chi connectivity index (χ4n) is 1.90. The molecule has 6 heteroatoms. The number of hydrogen-bond acceptors (Lipinski definition) is 3. The maximum absolute atomic E-state index is 12.4. The highest BCUT2D eigenvalue weighted by Crippen LogP contribution is 2.36. The lowest BCUT2D eigenvalue weighted by atomic mass is 10.2. The molecule has 0 aliphatic carbocycles. The number of amides is 1. The highest BCUT2D eigenvalue weighted by atomic mass is 79.9.